The molecule has 116 valence electrons. The van der Waals surface area contributed by atoms with Crippen LogP contribution < -0.4 is 10.1 Å². The predicted octanol–water partition coefficient (Wildman–Crippen LogP) is 2.55. The molecule has 0 aromatic heterocycles. The van der Waals surface area contributed by atoms with Crippen LogP contribution in [0.4, 0.5) is 8.78 Å². The van der Waals surface area contributed by atoms with Gasteiger partial charge in [0.25, 0.3) is 5.91 Å². The molecule has 1 aromatic rings. The van der Waals surface area contributed by atoms with E-state index in [2.05, 4.69) is 15.2 Å². The van der Waals surface area contributed by atoms with Crippen molar-refractivity contribution >= 4 is 12.1 Å². The van der Waals surface area contributed by atoms with Crippen LogP contribution in [0, 0.1) is 0 Å². The maximum atomic E-state index is 12.2. The molecule has 21 heavy (non-hydrogen) atoms. The molecule has 5 nitrogen and oxygen atoms in total. The summed E-state index contributed by atoms with van der Waals surface area (Å²) < 4.78 is 28.7. The van der Waals surface area contributed by atoms with Gasteiger partial charge < -0.3 is 14.9 Å². The van der Waals surface area contributed by atoms with E-state index in [-0.39, 0.29) is 24.3 Å². The highest BCUT2D eigenvalue weighted by Gasteiger charge is 2.08. The van der Waals surface area contributed by atoms with Gasteiger partial charge in [0.1, 0.15) is 5.75 Å². The zero-order valence-corrected chi connectivity index (χ0v) is 11.9. The second kappa shape index (κ2) is 8.89. The highest BCUT2D eigenvalue weighted by molar-refractivity contribution is 5.83. The molecule has 0 aliphatic carbocycles. The van der Waals surface area contributed by atoms with Crippen molar-refractivity contribution in [3.63, 3.8) is 0 Å². The quantitative estimate of drug-likeness (QED) is 0.593. The first-order valence-corrected chi connectivity index (χ1v) is 6.51. The average Bonchev–Trinajstić information content (AvgIpc) is 2.44. The van der Waals surface area contributed by atoms with E-state index in [0.717, 1.165) is 6.42 Å². The van der Waals surface area contributed by atoms with Crippen LogP contribution in [0.2, 0.25) is 0 Å². The standard InChI is InChI=1S/C14H18F2N2O3/c1-3-10(2)18-13(19)9-20-17-8-11-6-4-5-7-12(11)21-14(15)16/h4-8,10,14H,3,9H2,1-2H3,(H,18,19)/b17-8-/t10-/m1/s1. The summed E-state index contributed by atoms with van der Waals surface area (Å²) in [5.41, 5.74) is 0.333. The number of nitrogens with zero attached hydrogens (tertiary/aromatic N) is 1. The molecule has 1 rings (SSSR count). The fraction of sp³-hybridized carbons (Fsp3) is 0.429. The minimum atomic E-state index is -2.92. The highest BCUT2D eigenvalue weighted by atomic mass is 19.3. The third-order valence-corrected chi connectivity index (χ3v) is 2.62. The molecule has 7 heteroatoms. The summed E-state index contributed by atoms with van der Waals surface area (Å²) >= 11 is 0. The smallest absolute Gasteiger partial charge is 0.387 e. The summed E-state index contributed by atoms with van der Waals surface area (Å²) in [7, 11) is 0. The summed E-state index contributed by atoms with van der Waals surface area (Å²) in [4.78, 5) is 16.2. The summed E-state index contributed by atoms with van der Waals surface area (Å²) in [6.45, 7) is 0.670. The van der Waals surface area contributed by atoms with Crippen LogP contribution in [0.5, 0.6) is 5.75 Å². The van der Waals surface area contributed by atoms with Gasteiger partial charge in [0.05, 0.1) is 6.21 Å². The maximum Gasteiger partial charge on any atom is 0.387 e. The lowest BCUT2D eigenvalue weighted by molar-refractivity contribution is -0.126. The molecule has 0 saturated carbocycles. The molecule has 1 atom stereocenters. The Kier molecular flexibility index (Phi) is 7.14. The number of amides is 1. The normalized spacial score (nSPS) is 12.4. The van der Waals surface area contributed by atoms with Gasteiger partial charge in [0.2, 0.25) is 0 Å². The van der Waals surface area contributed by atoms with Gasteiger partial charge in [-0.2, -0.15) is 8.78 Å². The number of carbonyl (C=O) groups excluding carboxylic acids is 1. The number of hydrogen-bond donors (Lipinski definition) is 1. The van der Waals surface area contributed by atoms with Crippen molar-refractivity contribution in [2.75, 3.05) is 6.61 Å². The third-order valence-electron chi connectivity index (χ3n) is 2.62. The van der Waals surface area contributed by atoms with E-state index in [4.69, 9.17) is 4.84 Å². The molecule has 0 aliphatic rings. The maximum absolute atomic E-state index is 12.2. The fourth-order valence-electron chi connectivity index (χ4n) is 1.40. The Bertz CT molecular complexity index is 481. The third kappa shape index (κ3) is 6.69. The predicted molar refractivity (Wildman–Crippen MR) is 74.5 cm³/mol. The van der Waals surface area contributed by atoms with Crippen molar-refractivity contribution in [1.82, 2.24) is 5.32 Å². The van der Waals surface area contributed by atoms with Crippen LogP contribution in [0.3, 0.4) is 0 Å². The fourth-order valence-corrected chi connectivity index (χ4v) is 1.40. The lowest BCUT2D eigenvalue weighted by atomic mass is 10.2. The van der Waals surface area contributed by atoms with E-state index in [9.17, 15) is 13.6 Å². The van der Waals surface area contributed by atoms with Gasteiger partial charge in [0.15, 0.2) is 6.61 Å². The van der Waals surface area contributed by atoms with Crippen molar-refractivity contribution in [1.29, 1.82) is 0 Å². The molecular formula is C14H18F2N2O3. The number of carbonyl (C=O) groups is 1. The van der Waals surface area contributed by atoms with Gasteiger partial charge in [-0.1, -0.05) is 24.2 Å². The first-order chi connectivity index (χ1) is 10.0. The lowest BCUT2D eigenvalue weighted by Crippen LogP contribution is -2.34. The zero-order chi connectivity index (χ0) is 15.7. The molecule has 0 radical (unpaired) electrons. The number of benzene rings is 1. The molecule has 0 aliphatic heterocycles. The number of halogens is 2. The molecular weight excluding hydrogens is 282 g/mol. The van der Waals surface area contributed by atoms with Gasteiger partial charge in [0, 0.05) is 11.6 Å². The molecule has 0 spiro atoms. The summed E-state index contributed by atoms with van der Waals surface area (Å²) in [5.74, 6) is -0.303. The van der Waals surface area contributed by atoms with Gasteiger partial charge in [-0.25, -0.2) is 0 Å². The summed E-state index contributed by atoms with van der Waals surface area (Å²) in [6, 6.07) is 6.21. The van der Waals surface area contributed by atoms with Crippen LogP contribution in [0.1, 0.15) is 25.8 Å². The van der Waals surface area contributed by atoms with Crippen LogP contribution in [0.15, 0.2) is 29.4 Å². The molecule has 1 amide bonds. The van der Waals surface area contributed by atoms with E-state index >= 15 is 0 Å². The van der Waals surface area contributed by atoms with Gasteiger partial charge in [-0.15, -0.1) is 0 Å². The van der Waals surface area contributed by atoms with E-state index in [1.807, 2.05) is 13.8 Å². The molecule has 0 heterocycles. The molecule has 0 unspecified atom stereocenters. The second-order valence-electron chi connectivity index (χ2n) is 4.30. The number of hydrogen-bond acceptors (Lipinski definition) is 4. The number of ether oxygens (including phenoxy) is 1. The summed E-state index contributed by atoms with van der Waals surface area (Å²) in [6.07, 6.45) is 2.03. The van der Waals surface area contributed by atoms with Gasteiger partial charge in [-0.3, -0.25) is 4.79 Å². The van der Waals surface area contributed by atoms with Gasteiger partial charge in [-0.05, 0) is 25.5 Å². The Balaban J connectivity index is 2.48. The Hall–Kier alpha value is -2.18. The van der Waals surface area contributed by atoms with Crippen molar-refractivity contribution in [3.8, 4) is 5.75 Å². The SMILES string of the molecule is CC[C@@H](C)NC(=O)CO/N=C\c1ccccc1OC(F)F. The molecule has 0 bridgehead atoms. The first kappa shape index (κ1) is 16.9. The average molecular weight is 300 g/mol. The first-order valence-electron chi connectivity index (χ1n) is 6.51. The van der Waals surface area contributed by atoms with E-state index in [1.54, 1.807) is 18.2 Å². The zero-order valence-electron chi connectivity index (χ0n) is 11.9. The number of oxime groups is 1. The second-order valence-corrected chi connectivity index (χ2v) is 4.30. The highest BCUT2D eigenvalue weighted by Crippen LogP contribution is 2.18. The minimum absolute atomic E-state index is 0.0103. The minimum Gasteiger partial charge on any atom is -0.434 e. The van der Waals surface area contributed by atoms with Gasteiger partial charge >= 0.3 is 6.61 Å². The number of alkyl halides is 2. The Labute approximate surface area is 121 Å². The van der Waals surface area contributed by atoms with Crippen molar-refractivity contribution in [2.24, 2.45) is 5.16 Å². The molecule has 1 aromatic carbocycles. The topological polar surface area (TPSA) is 59.9 Å². The van der Waals surface area contributed by atoms with E-state index < -0.39 is 6.61 Å². The van der Waals surface area contributed by atoms with Crippen LogP contribution in [-0.4, -0.2) is 31.4 Å². The monoisotopic (exact) mass is 300 g/mol. The Morgan fingerprint density at radius 3 is 2.81 bits per heavy atom. The molecule has 0 saturated heterocycles. The summed E-state index contributed by atoms with van der Waals surface area (Å²) in [5, 5.41) is 6.28. The molecule has 1 N–H and O–H groups in total. The van der Waals surface area contributed by atoms with Crippen LogP contribution in [0.25, 0.3) is 0 Å². The Morgan fingerprint density at radius 1 is 1.43 bits per heavy atom. The Morgan fingerprint density at radius 2 is 2.14 bits per heavy atom. The van der Waals surface area contributed by atoms with E-state index in [0.29, 0.717) is 5.56 Å². The van der Waals surface area contributed by atoms with Crippen molar-refractivity contribution in [2.45, 2.75) is 32.9 Å². The van der Waals surface area contributed by atoms with Crippen LogP contribution >= 0.6 is 0 Å². The largest absolute Gasteiger partial charge is 0.434 e. The number of para-hydroxylation sites is 1. The van der Waals surface area contributed by atoms with E-state index in [1.165, 1.54) is 12.3 Å². The van der Waals surface area contributed by atoms with Crippen LogP contribution in [-0.2, 0) is 9.63 Å². The number of nitrogens with one attached hydrogen (secondary N) is 1. The van der Waals surface area contributed by atoms with Crippen molar-refractivity contribution in [3.05, 3.63) is 29.8 Å². The molecule has 0 fully saturated rings. The van der Waals surface area contributed by atoms with Crippen molar-refractivity contribution < 1.29 is 23.1 Å². The number of rotatable bonds is 8. The lowest BCUT2D eigenvalue weighted by Gasteiger charge is -2.10.